The van der Waals surface area contributed by atoms with Crippen molar-refractivity contribution >= 4 is 24.1 Å². The average Bonchev–Trinajstić information content (AvgIpc) is 2.67. The second-order valence-electron chi connectivity index (χ2n) is 7.70. The van der Waals surface area contributed by atoms with Crippen LogP contribution >= 0.6 is 0 Å². The van der Waals surface area contributed by atoms with Gasteiger partial charge in [0, 0.05) is 13.8 Å². The fourth-order valence-corrected chi connectivity index (χ4v) is 2.37. The fraction of sp³-hybridized carbons (Fsp3) is 0.545. The number of ether oxygens (including phenoxy) is 5. The molecule has 0 spiro atoms. The number of carbonyl (C=O) groups excluding carboxylic acids is 4. The van der Waals surface area contributed by atoms with Gasteiger partial charge in [0.1, 0.15) is 18.2 Å². The van der Waals surface area contributed by atoms with Gasteiger partial charge in [-0.3, -0.25) is 14.4 Å². The molecule has 0 unspecified atom stereocenters. The Hall–Kier alpha value is -3.14. The van der Waals surface area contributed by atoms with Crippen LogP contribution in [0.15, 0.2) is 18.2 Å². The van der Waals surface area contributed by atoms with E-state index in [2.05, 4.69) is 0 Å². The van der Waals surface area contributed by atoms with E-state index >= 15 is 0 Å². The first kappa shape index (κ1) is 26.9. The van der Waals surface area contributed by atoms with Crippen LogP contribution in [0.5, 0.6) is 11.5 Å². The molecule has 1 aromatic carbocycles. The lowest BCUT2D eigenvalue weighted by Crippen LogP contribution is -2.39. The molecule has 32 heavy (non-hydrogen) atoms. The van der Waals surface area contributed by atoms with Crippen molar-refractivity contribution in [2.75, 3.05) is 6.61 Å². The van der Waals surface area contributed by atoms with Crippen molar-refractivity contribution < 1.29 is 42.9 Å². The molecule has 10 nitrogen and oxygen atoms in total. The molecule has 0 saturated heterocycles. The zero-order valence-corrected chi connectivity index (χ0v) is 19.2. The van der Waals surface area contributed by atoms with Crippen LogP contribution in [0.1, 0.15) is 47.1 Å². The molecule has 1 aromatic rings. The minimum atomic E-state index is -1.04. The largest absolute Gasteiger partial charge is 0.508 e. The van der Waals surface area contributed by atoms with E-state index in [0.717, 1.165) is 0 Å². The molecule has 0 amide bonds. The van der Waals surface area contributed by atoms with Crippen LogP contribution in [-0.4, -0.2) is 48.9 Å². The Kier molecular flexibility index (Phi) is 10.6. The molecule has 0 aliphatic heterocycles. The Morgan fingerprint density at radius 3 is 2.00 bits per heavy atom. The number of rotatable bonds is 10. The predicted octanol–water partition coefficient (Wildman–Crippen LogP) is 2.54. The third kappa shape index (κ3) is 9.78. The molecular formula is C22H31NO9. The molecular weight excluding hydrogens is 422 g/mol. The van der Waals surface area contributed by atoms with Gasteiger partial charge >= 0.3 is 24.1 Å². The van der Waals surface area contributed by atoms with E-state index in [1.165, 1.54) is 26.0 Å². The average molecular weight is 453 g/mol. The van der Waals surface area contributed by atoms with E-state index in [1.807, 2.05) is 13.8 Å². The van der Waals surface area contributed by atoms with E-state index in [-0.39, 0.29) is 30.4 Å². The van der Waals surface area contributed by atoms with Crippen molar-refractivity contribution in [2.24, 2.45) is 11.7 Å². The number of hydrogen-bond donors (Lipinski definition) is 1. The molecule has 0 heterocycles. The highest BCUT2D eigenvalue weighted by Gasteiger charge is 2.25. The maximum atomic E-state index is 12.4. The Labute approximate surface area is 187 Å². The Morgan fingerprint density at radius 1 is 0.875 bits per heavy atom. The SMILES string of the molecule is CC(=O)Oc1ccc(C[C@H](N)C(=O)O[C@@H](C)[C@H](C)OC(=O)OCC(C)C)cc1OC(C)=O. The van der Waals surface area contributed by atoms with E-state index in [9.17, 15) is 19.2 Å². The lowest BCUT2D eigenvalue weighted by Gasteiger charge is -2.22. The van der Waals surface area contributed by atoms with Gasteiger partial charge in [-0.05, 0) is 43.9 Å². The number of carbonyl (C=O) groups is 4. The predicted molar refractivity (Wildman–Crippen MR) is 113 cm³/mol. The highest BCUT2D eigenvalue weighted by Crippen LogP contribution is 2.29. The van der Waals surface area contributed by atoms with E-state index in [4.69, 9.17) is 29.4 Å². The number of hydrogen-bond acceptors (Lipinski definition) is 10. The summed E-state index contributed by atoms with van der Waals surface area (Å²) in [6.07, 6.45) is -2.29. The highest BCUT2D eigenvalue weighted by molar-refractivity contribution is 5.76. The summed E-state index contributed by atoms with van der Waals surface area (Å²) in [5, 5.41) is 0. The maximum absolute atomic E-state index is 12.4. The summed E-state index contributed by atoms with van der Waals surface area (Å²) in [5.74, 6) is -1.63. The molecule has 3 atom stereocenters. The Bertz CT molecular complexity index is 822. The van der Waals surface area contributed by atoms with Crippen LogP contribution in [0.25, 0.3) is 0 Å². The van der Waals surface area contributed by atoms with Crippen molar-refractivity contribution in [1.82, 2.24) is 0 Å². The molecule has 0 saturated carbocycles. The topological polar surface area (TPSA) is 140 Å². The lowest BCUT2D eigenvalue weighted by atomic mass is 10.1. The quantitative estimate of drug-likeness (QED) is 0.415. The zero-order valence-electron chi connectivity index (χ0n) is 19.2. The summed E-state index contributed by atoms with van der Waals surface area (Å²) < 4.78 is 25.4. The van der Waals surface area contributed by atoms with E-state index in [1.54, 1.807) is 19.9 Å². The molecule has 0 fully saturated rings. The van der Waals surface area contributed by atoms with Crippen LogP contribution in [0.3, 0.4) is 0 Å². The summed E-state index contributed by atoms with van der Waals surface area (Å²) >= 11 is 0. The van der Waals surface area contributed by atoms with Crippen LogP contribution < -0.4 is 15.2 Å². The van der Waals surface area contributed by atoms with Gasteiger partial charge in [0.25, 0.3) is 0 Å². The molecule has 2 N–H and O–H groups in total. The number of benzene rings is 1. The highest BCUT2D eigenvalue weighted by atomic mass is 16.7. The van der Waals surface area contributed by atoms with Gasteiger partial charge in [-0.15, -0.1) is 0 Å². The third-order valence-electron chi connectivity index (χ3n) is 4.05. The normalized spacial score (nSPS) is 13.5. The van der Waals surface area contributed by atoms with Crippen LogP contribution in [0.2, 0.25) is 0 Å². The van der Waals surface area contributed by atoms with Crippen molar-refractivity contribution in [3.8, 4) is 11.5 Å². The summed E-state index contributed by atoms with van der Waals surface area (Å²) in [6, 6.07) is 3.43. The summed E-state index contributed by atoms with van der Waals surface area (Å²) in [7, 11) is 0. The van der Waals surface area contributed by atoms with Crippen LogP contribution in [0, 0.1) is 5.92 Å². The van der Waals surface area contributed by atoms with Crippen molar-refractivity contribution in [1.29, 1.82) is 0 Å². The van der Waals surface area contributed by atoms with Gasteiger partial charge in [0.05, 0.1) is 6.61 Å². The van der Waals surface area contributed by atoms with Crippen LogP contribution in [-0.2, 0) is 35.0 Å². The summed E-state index contributed by atoms with van der Waals surface area (Å²) in [6.45, 7) is 9.56. The lowest BCUT2D eigenvalue weighted by molar-refractivity contribution is -0.155. The van der Waals surface area contributed by atoms with Gasteiger partial charge in [-0.2, -0.15) is 0 Å². The van der Waals surface area contributed by atoms with E-state index in [0.29, 0.717) is 5.56 Å². The first-order valence-electron chi connectivity index (χ1n) is 10.2. The first-order chi connectivity index (χ1) is 14.9. The van der Waals surface area contributed by atoms with Crippen molar-refractivity contribution in [2.45, 2.75) is 66.2 Å². The molecule has 0 aliphatic carbocycles. The first-order valence-corrected chi connectivity index (χ1v) is 10.2. The van der Waals surface area contributed by atoms with Gasteiger partial charge in [0.2, 0.25) is 0 Å². The standard InChI is InChI=1S/C22H31NO9/c1-12(2)11-28-22(27)30-14(4)13(3)29-21(26)18(23)9-17-7-8-19(31-15(5)24)20(10-17)32-16(6)25/h7-8,10,12-14,18H,9,11,23H2,1-6H3/t13-,14-,18-/m0/s1. The summed E-state index contributed by atoms with van der Waals surface area (Å²) in [5.41, 5.74) is 6.50. The molecule has 0 bridgehead atoms. The third-order valence-corrected chi connectivity index (χ3v) is 4.05. The fourth-order valence-electron chi connectivity index (χ4n) is 2.37. The molecule has 1 rings (SSSR count). The summed E-state index contributed by atoms with van der Waals surface area (Å²) in [4.78, 5) is 46.5. The molecule has 178 valence electrons. The minimum Gasteiger partial charge on any atom is -0.458 e. The number of nitrogens with two attached hydrogens (primary N) is 1. The van der Waals surface area contributed by atoms with Crippen LogP contribution in [0.4, 0.5) is 4.79 Å². The van der Waals surface area contributed by atoms with E-state index < -0.39 is 42.3 Å². The Balaban J connectivity index is 2.71. The smallest absolute Gasteiger partial charge is 0.458 e. The van der Waals surface area contributed by atoms with Gasteiger partial charge in [0.15, 0.2) is 11.5 Å². The maximum Gasteiger partial charge on any atom is 0.508 e. The second-order valence-corrected chi connectivity index (χ2v) is 7.70. The monoisotopic (exact) mass is 453 g/mol. The second kappa shape index (κ2) is 12.7. The van der Waals surface area contributed by atoms with Gasteiger partial charge in [-0.25, -0.2) is 4.79 Å². The molecule has 0 radical (unpaired) electrons. The molecule has 10 heteroatoms. The number of esters is 3. The zero-order chi connectivity index (χ0) is 24.4. The van der Waals surface area contributed by atoms with Crippen molar-refractivity contribution in [3.63, 3.8) is 0 Å². The van der Waals surface area contributed by atoms with Gasteiger partial charge in [-0.1, -0.05) is 19.9 Å². The van der Waals surface area contributed by atoms with Gasteiger partial charge < -0.3 is 29.4 Å². The minimum absolute atomic E-state index is 0.0288. The van der Waals surface area contributed by atoms with Crippen molar-refractivity contribution in [3.05, 3.63) is 23.8 Å². The Morgan fingerprint density at radius 2 is 1.44 bits per heavy atom. The molecule has 0 aromatic heterocycles. The molecule has 0 aliphatic rings.